The SMILES string of the molecule is CCNC(=NCc1ccccn1)NCc1ccnn1C.I. The van der Waals surface area contributed by atoms with E-state index < -0.39 is 0 Å². The summed E-state index contributed by atoms with van der Waals surface area (Å²) in [5.74, 6) is 0.777. The minimum Gasteiger partial charge on any atom is -0.357 e. The Balaban J connectivity index is 0.00000220. The lowest BCUT2D eigenvalue weighted by Crippen LogP contribution is -2.37. The largest absolute Gasteiger partial charge is 0.357 e. The number of rotatable bonds is 5. The molecule has 0 amide bonds. The Morgan fingerprint density at radius 3 is 2.71 bits per heavy atom. The molecule has 0 aliphatic carbocycles. The van der Waals surface area contributed by atoms with Gasteiger partial charge in [0.15, 0.2) is 5.96 Å². The zero-order valence-electron chi connectivity index (χ0n) is 12.3. The molecule has 2 aromatic heterocycles. The second kappa shape index (κ2) is 9.32. The third kappa shape index (κ3) is 5.70. The van der Waals surface area contributed by atoms with Gasteiger partial charge in [-0.15, -0.1) is 24.0 Å². The van der Waals surface area contributed by atoms with Crippen LogP contribution in [0.5, 0.6) is 0 Å². The lowest BCUT2D eigenvalue weighted by Gasteiger charge is -2.11. The molecule has 2 rings (SSSR count). The van der Waals surface area contributed by atoms with Gasteiger partial charge in [0.2, 0.25) is 0 Å². The summed E-state index contributed by atoms with van der Waals surface area (Å²) in [4.78, 5) is 8.77. The normalized spacial score (nSPS) is 10.9. The van der Waals surface area contributed by atoms with E-state index in [0.717, 1.165) is 23.9 Å². The number of nitrogens with one attached hydrogen (secondary N) is 2. The second-order valence-electron chi connectivity index (χ2n) is 4.32. The number of aryl methyl sites for hydroxylation is 1. The van der Waals surface area contributed by atoms with Crippen molar-refractivity contribution in [2.24, 2.45) is 12.0 Å². The van der Waals surface area contributed by atoms with E-state index in [0.29, 0.717) is 13.1 Å². The Morgan fingerprint density at radius 2 is 2.10 bits per heavy atom. The van der Waals surface area contributed by atoms with Gasteiger partial charge in [0.05, 0.1) is 24.5 Å². The molecular formula is C14H21IN6. The van der Waals surface area contributed by atoms with Crippen LogP contribution < -0.4 is 10.6 Å². The van der Waals surface area contributed by atoms with E-state index in [2.05, 4.69) is 25.7 Å². The molecule has 0 spiro atoms. The summed E-state index contributed by atoms with van der Waals surface area (Å²) < 4.78 is 1.84. The molecule has 2 N–H and O–H groups in total. The van der Waals surface area contributed by atoms with Crippen LogP contribution in [0.4, 0.5) is 0 Å². The molecule has 0 atom stereocenters. The minimum absolute atomic E-state index is 0. The van der Waals surface area contributed by atoms with Gasteiger partial charge in [0.1, 0.15) is 0 Å². The molecule has 0 saturated heterocycles. The molecule has 0 aromatic carbocycles. The van der Waals surface area contributed by atoms with Crippen LogP contribution in [0.15, 0.2) is 41.7 Å². The van der Waals surface area contributed by atoms with E-state index in [1.807, 2.05) is 42.9 Å². The van der Waals surface area contributed by atoms with Crippen molar-refractivity contribution in [1.29, 1.82) is 0 Å². The zero-order chi connectivity index (χ0) is 14.2. The van der Waals surface area contributed by atoms with E-state index in [-0.39, 0.29) is 24.0 Å². The summed E-state index contributed by atoms with van der Waals surface area (Å²) in [5.41, 5.74) is 2.05. The number of aromatic nitrogens is 3. The van der Waals surface area contributed by atoms with Crippen molar-refractivity contribution in [3.8, 4) is 0 Å². The van der Waals surface area contributed by atoms with Gasteiger partial charge in [-0.1, -0.05) is 6.07 Å². The lowest BCUT2D eigenvalue weighted by molar-refractivity contribution is 0.684. The molecular weight excluding hydrogens is 379 g/mol. The van der Waals surface area contributed by atoms with Crippen molar-refractivity contribution in [3.05, 3.63) is 48.0 Å². The van der Waals surface area contributed by atoms with Crippen LogP contribution in [0, 0.1) is 0 Å². The molecule has 0 radical (unpaired) electrons. The molecule has 114 valence electrons. The summed E-state index contributed by atoms with van der Waals surface area (Å²) in [6, 6.07) is 7.82. The van der Waals surface area contributed by atoms with Gasteiger partial charge >= 0.3 is 0 Å². The number of aliphatic imine (C=N–C) groups is 1. The Hall–Kier alpha value is -1.64. The van der Waals surface area contributed by atoms with Crippen LogP contribution in [-0.4, -0.2) is 27.3 Å². The standard InChI is InChI=1S/C14H20N6.HI/c1-3-15-14(17-10-12-6-4-5-8-16-12)18-11-13-7-9-19-20(13)2;/h4-9H,3,10-11H2,1-2H3,(H2,15,17,18);1H. The summed E-state index contributed by atoms with van der Waals surface area (Å²) in [5, 5.41) is 10.6. The smallest absolute Gasteiger partial charge is 0.191 e. The van der Waals surface area contributed by atoms with Gasteiger partial charge < -0.3 is 10.6 Å². The molecule has 2 aromatic rings. The molecule has 0 fully saturated rings. The van der Waals surface area contributed by atoms with Crippen molar-refractivity contribution in [2.75, 3.05) is 6.54 Å². The average molecular weight is 400 g/mol. The predicted octanol–water partition coefficient (Wildman–Crippen LogP) is 1.69. The molecule has 0 unspecified atom stereocenters. The van der Waals surface area contributed by atoms with E-state index in [1.54, 1.807) is 12.4 Å². The lowest BCUT2D eigenvalue weighted by atomic mass is 10.3. The first kappa shape index (κ1) is 17.4. The Bertz CT molecular complexity index is 552. The molecule has 0 saturated carbocycles. The van der Waals surface area contributed by atoms with Crippen molar-refractivity contribution in [2.45, 2.75) is 20.0 Å². The quantitative estimate of drug-likeness (QED) is 0.456. The maximum absolute atomic E-state index is 4.52. The van der Waals surface area contributed by atoms with Crippen molar-refractivity contribution in [1.82, 2.24) is 25.4 Å². The van der Waals surface area contributed by atoms with Crippen LogP contribution in [0.1, 0.15) is 18.3 Å². The predicted molar refractivity (Wildman–Crippen MR) is 94.5 cm³/mol. The van der Waals surface area contributed by atoms with Gasteiger partial charge in [-0.05, 0) is 25.1 Å². The first-order valence-corrected chi connectivity index (χ1v) is 6.68. The highest BCUT2D eigenvalue weighted by molar-refractivity contribution is 14.0. The molecule has 6 nitrogen and oxygen atoms in total. The zero-order valence-corrected chi connectivity index (χ0v) is 14.6. The molecule has 0 aliphatic heterocycles. The number of guanidine groups is 1. The summed E-state index contributed by atoms with van der Waals surface area (Å²) >= 11 is 0. The third-order valence-corrected chi connectivity index (χ3v) is 2.83. The number of hydrogen-bond donors (Lipinski definition) is 2. The molecule has 0 bridgehead atoms. The minimum atomic E-state index is 0. The van der Waals surface area contributed by atoms with E-state index in [9.17, 15) is 0 Å². The fraction of sp³-hybridized carbons (Fsp3) is 0.357. The van der Waals surface area contributed by atoms with Crippen LogP contribution >= 0.6 is 24.0 Å². The van der Waals surface area contributed by atoms with Gasteiger partial charge in [-0.25, -0.2) is 4.99 Å². The maximum Gasteiger partial charge on any atom is 0.191 e. The fourth-order valence-electron chi connectivity index (χ4n) is 1.74. The average Bonchev–Trinajstić information content (AvgIpc) is 2.88. The summed E-state index contributed by atoms with van der Waals surface area (Å²) in [7, 11) is 1.93. The van der Waals surface area contributed by atoms with Crippen LogP contribution in [0.2, 0.25) is 0 Å². The number of nitrogens with zero attached hydrogens (tertiary/aromatic N) is 4. The molecule has 0 aliphatic rings. The van der Waals surface area contributed by atoms with E-state index in [4.69, 9.17) is 0 Å². The molecule has 2 heterocycles. The molecule has 21 heavy (non-hydrogen) atoms. The first-order chi connectivity index (χ1) is 9.79. The van der Waals surface area contributed by atoms with E-state index in [1.165, 1.54) is 0 Å². The van der Waals surface area contributed by atoms with Crippen LogP contribution in [0.25, 0.3) is 0 Å². The summed E-state index contributed by atoms with van der Waals surface area (Å²) in [6.07, 6.45) is 3.57. The van der Waals surface area contributed by atoms with Crippen molar-refractivity contribution in [3.63, 3.8) is 0 Å². The van der Waals surface area contributed by atoms with Crippen LogP contribution in [0.3, 0.4) is 0 Å². The van der Waals surface area contributed by atoms with Crippen molar-refractivity contribution < 1.29 is 0 Å². The Kier molecular flexibility index (Phi) is 7.73. The molecule has 7 heteroatoms. The van der Waals surface area contributed by atoms with Gasteiger partial charge in [0, 0.05) is 26.0 Å². The first-order valence-electron chi connectivity index (χ1n) is 6.68. The second-order valence-corrected chi connectivity index (χ2v) is 4.32. The number of pyridine rings is 1. The number of halogens is 1. The monoisotopic (exact) mass is 400 g/mol. The topological polar surface area (TPSA) is 67.1 Å². The Morgan fingerprint density at radius 1 is 1.24 bits per heavy atom. The van der Waals surface area contributed by atoms with Gasteiger partial charge in [-0.3, -0.25) is 9.67 Å². The van der Waals surface area contributed by atoms with Gasteiger partial charge in [-0.2, -0.15) is 5.10 Å². The highest BCUT2D eigenvalue weighted by atomic mass is 127. The third-order valence-electron chi connectivity index (χ3n) is 2.83. The maximum atomic E-state index is 4.52. The Labute approximate surface area is 142 Å². The number of hydrogen-bond acceptors (Lipinski definition) is 3. The van der Waals surface area contributed by atoms with Gasteiger partial charge in [0.25, 0.3) is 0 Å². The van der Waals surface area contributed by atoms with Crippen molar-refractivity contribution >= 4 is 29.9 Å². The fourth-order valence-corrected chi connectivity index (χ4v) is 1.74. The highest BCUT2D eigenvalue weighted by Crippen LogP contribution is 1.97. The van der Waals surface area contributed by atoms with E-state index >= 15 is 0 Å². The summed E-state index contributed by atoms with van der Waals surface area (Å²) in [6.45, 7) is 4.10. The van der Waals surface area contributed by atoms with Crippen LogP contribution in [-0.2, 0) is 20.1 Å². The highest BCUT2D eigenvalue weighted by Gasteiger charge is 2.01.